The molecule has 11 nitrogen and oxygen atoms in total. The first-order chi connectivity index (χ1) is 16.9. The van der Waals surface area contributed by atoms with Crippen LogP contribution in [0.5, 0.6) is 5.75 Å². The fourth-order valence-corrected chi connectivity index (χ4v) is 4.22. The molecular formula is C24H32N8O3. The second kappa shape index (κ2) is 10.6. The summed E-state index contributed by atoms with van der Waals surface area (Å²) in [7, 11) is 1.58. The van der Waals surface area contributed by atoms with E-state index in [1.807, 2.05) is 10.7 Å². The predicted molar refractivity (Wildman–Crippen MR) is 133 cm³/mol. The molecule has 3 N–H and O–H groups in total. The van der Waals surface area contributed by atoms with Gasteiger partial charge in [0.25, 0.3) is 5.91 Å². The summed E-state index contributed by atoms with van der Waals surface area (Å²) in [5, 5.41) is 7.85. The van der Waals surface area contributed by atoms with Crippen LogP contribution < -0.4 is 15.8 Å². The van der Waals surface area contributed by atoms with Crippen LogP contribution >= 0.6 is 0 Å². The first-order valence-electron chi connectivity index (χ1n) is 11.9. The van der Waals surface area contributed by atoms with Crippen molar-refractivity contribution in [2.24, 2.45) is 0 Å². The van der Waals surface area contributed by atoms with E-state index in [4.69, 9.17) is 10.5 Å². The number of nitrogens with two attached hydrogens (primary N) is 1. The van der Waals surface area contributed by atoms with Gasteiger partial charge >= 0.3 is 0 Å². The highest BCUT2D eigenvalue weighted by atomic mass is 16.5. The summed E-state index contributed by atoms with van der Waals surface area (Å²) in [6.07, 6.45) is 3.74. The Morgan fingerprint density at radius 3 is 2.57 bits per heavy atom. The summed E-state index contributed by atoms with van der Waals surface area (Å²) >= 11 is 0. The van der Waals surface area contributed by atoms with Gasteiger partial charge < -0.3 is 25.6 Å². The third-order valence-corrected chi connectivity index (χ3v) is 6.19. The minimum atomic E-state index is -0.0751. The number of fused-ring (bicyclic) bond motifs is 1. The summed E-state index contributed by atoms with van der Waals surface area (Å²) in [4.78, 5) is 36.8. The van der Waals surface area contributed by atoms with Crippen molar-refractivity contribution in [3.63, 3.8) is 0 Å². The fourth-order valence-electron chi connectivity index (χ4n) is 4.22. The molecule has 1 saturated heterocycles. The van der Waals surface area contributed by atoms with Gasteiger partial charge in [0, 0.05) is 50.8 Å². The topological polar surface area (TPSA) is 131 Å². The number of piperazine rings is 1. The molecule has 0 radical (unpaired) electrons. The molecule has 3 heterocycles. The number of nitrogens with zero attached hydrogens (tertiary/aromatic N) is 6. The lowest BCUT2D eigenvalue weighted by atomic mass is 10.1. The van der Waals surface area contributed by atoms with Crippen molar-refractivity contribution in [2.45, 2.75) is 33.2 Å². The van der Waals surface area contributed by atoms with Crippen LogP contribution in [0.4, 0.5) is 11.8 Å². The summed E-state index contributed by atoms with van der Waals surface area (Å²) in [6.45, 7) is 6.98. The van der Waals surface area contributed by atoms with Crippen LogP contribution in [0.2, 0.25) is 0 Å². The van der Waals surface area contributed by atoms with E-state index in [1.54, 1.807) is 42.2 Å². The fraction of sp³-hybridized carbons (Fsp3) is 0.458. The maximum atomic E-state index is 13.1. The zero-order valence-electron chi connectivity index (χ0n) is 20.5. The minimum absolute atomic E-state index is 0.0334. The van der Waals surface area contributed by atoms with Crippen molar-refractivity contribution >= 4 is 34.6 Å². The molecule has 35 heavy (non-hydrogen) atoms. The standard InChI is InChI=1S/C24H32N8O3/c1-4-5-8-26-22-21-19(28-24(25)29-22)14-27-32(21)15-18-7-6-17(13-20(18)35-3)23(34)31-11-9-30(10-12-31)16(2)33/h6-7,13-14H,4-5,8-12,15H2,1-3H3,(H3,25,26,28,29). The molecule has 1 aliphatic heterocycles. The Morgan fingerprint density at radius 2 is 1.89 bits per heavy atom. The number of anilines is 2. The van der Waals surface area contributed by atoms with Crippen LogP contribution in [0.1, 0.15) is 42.6 Å². The molecule has 1 fully saturated rings. The van der Waals surface area contributed by atoms with Gasteiger partial charge in [-0.05, 0) is 18.6 Å². The molecule has 11 heteroatoms. The summed E-state index contributed by atoms with van der Waals surface area (Å²) < 4.78 is 7.44. The van der Waals surface area contributed by atoms with Crippen LogP contribution in [0, 0.1) is 0 Å². The smallest absolute Gasteiger partial charge is 0.254 e. The Morgan fingerprint density at radius 1 is 1.14 bits per heavy atom. The Labute approximate surface area is 204 Å². The molecule has 0 saturated carbocycles. The number of carbonyl (C=O) groups excluding carboxylic acids is 2. The summed E-state index contributed by atoms with van der Waals surface area (Å²) in [6, 6.07) is 5.45. The molecule has 0 atom stereocenters. The van der Waals surface area contributed by atoms with Gasteiger partial charge in [0.1, 0.15) is 16.8 Å². The summed E-state index contributed by atoms with van der Waals surface area (Å²) in [5.41, 5.74) is 8.73. The lowest BCUT2D eigenvalue weighted by Gasteiger charge is -2.34. The molecule has 0 spiro atoms. The molecule has 1 aliphatic rings. The van der Waals surface area contributed by atoms with Gasteiger partial charge in [0.05, 0.1) is 19.9 Å². The Kier molecular flexibility index (Phi) is 7.33. The number of aromatic nitrogens is 4. The second-order valence-electron chi connectivity index (χ2n) is 8.57. The third kappa shape index (κ3) is 5.28. The average molecular weight is 481 g/mol. The Hall–Kier alpha value is -3.89. The van der Waals surface area contributed by atoms with Crippen LogP contribution in [-0.2, 0) is 11.3 Å². The number of hydrogen-bond acceptors (Lipinski definition) is 8. The van der Waals surface area contributed by atoms with E-state index in [0.29, 0.717) is 55.4 Å². The quantitative estimate of drug-likeness (QED) is 0.468. The van der Waals surface area contributed by atoms with Gasteiger partial charge in [0.2, 0.25) is 11.9 Å². The number of ether oxygens (including phenoxy) is 1. The number of methoxy groups -OCH3 is 1. The SMILES string of the molecule is CCCCNc1nc(N)nc2cnn(Cc3ccc(C(=O)N4CCN(C(C)=O)CC4)cc3OC)c12. The number of hydrogen-bond donors (Lipinski definition) is 2. The first-order valence-corrected chi connectivity index (χ1v) is 11.9. The molecule has 0 bridgehead atoms. The van der Waals surface area contributed by atoms with Crippen LogP contribution in [0.3, 0.4) is 0 Å². The number of benzene rings is 1. The lowest BCUT2D eigenvalue weighted by molar-refractivity contribution is -0.130. The number of rotatable bonds is 8. The van der Waals surface area contributed by atoms with E-state index in [-0.39, 0.29) is 17.8 Å². The van der Waals surface area contributed by atoms with Crippen molar-refractivity contribution in [3.8, 4) is 5.75 Å². The van der Waals surface area contributed by atoms with E-state index in [9.17, 15) is 9.59 Å². The third-order valence-electron chi connectivity index (χ3n) is 6.19. The number of unbranched alkanes of at least 4 members (excludes halogenated alkanes) is 1. The minimum Gasteiger partial charge on any atom is -0.496 e. The lowest BCUT2D eigenvalue weighted by Crippen LogP contribution is -2.50. The van der Waals surface area contributed by atoms with Gasteiger partial charge in [-0.15, -0.1) is 0 Å². The largest absolute Gasteiger partial charge is 0.496 e. The van der Waals surface area contributed by atoms with Gasteiger partial charge in [0.15, 0.2) is 5.82 Å². The number of carbonyl (C=O) groups is 2. The van der Waals surface area contributed by atoms with E-state index in [1.165, 1.54) is 0 Å². The van der Waals surface area contributed by atoms with Crippen LogP contribution in [0.25, 0.3) is 11.0 Å². The number of nitrogens with one attached hydrogen (secondary N) is 1. The van der Waals surface area contributed by atoms with Crippen molar-refractivity contribution in [1.29, 1.82) is 0 Å². The van der Waals surface area contributed by atoms with E-state index in [0.717, 1.165) is 30.5 Å². The van der Waals surface area contributed by atoms with Crippen LogP contribution in [0.15, 0.2) is 24.4 Å². The second-order valence-corrected chi connectivity index (χ2v) is 8.57. The molecular weight excluding hydrogens is 448 g/mol. The molecule has 4 rings (SSSR count). The Balaban J connectivity index is 1.55. The molecule has 0 unspecified atom stereocenters. The average Bonchev–Trinajstić information content (AvgIpc) is 3.26. The van der Waals surface area contributed by atoms with Gasteiger partial charge in [-0.2, -0.15) is 10.1 Å². The Bertz CT molecular complexity index is 1220. The van der Waals surface area contributed by atoms with Crippen molar-refractivity contribution < 1.29 is 14.3 Å². The first kappa shape index (κ1) is 24.2. The van der Waals surface area contributed by atoms with Crippen molar-refractivity contribution in [3.05, 3.63) is 35.5 Å². The maximum absolute atomic E-state index is 13.1. The molecule has 0 aliphatic carbocycles. The van der Waals surface area contributed by atoms with Gasteiger partial charge in [-0.1, -0.05) is 19.4 Å². The highest BCUT2D eigenvalue weighted by molar-refractivity contribution is 5.95. The van der Waals surface area contributed by atoms with Crippen molar-refractivity contribution in [1.82, 2.24) is 29.5 Å². The van der Waals surface area contributed by atoms with Gasteiger partial charge in [-0.3, -0.25) is 14.3 Å². The molecule has 1 aromatic carbocycles. The number of amides is 2. The normalized spacial score (nSPS) is 13.8. The predicted octanol–water partition coefficient (Wildman–Crippen LogP) is 1.98. The summed E-state index contributed by atoms with van der Waals surface area (Å²) in [5.74, 6) is 1.40. The van der Waals surface area contributed by atoms with Crippen molar-refractivity contribution in [2.75, 3.05) is 50.9 Å². The molecule has 186 valence electrons. The number of nitrogen functional groups attached to an aromatic ring is 1. The monoisotopic (exact) mass is 480 g/mol. The van der Waals surface area contributed by atoms with E-state index in [2.05, 4.69) is 27.3 Å². The molecule has 2 aromatic heterocycles. The zero-order chi connectivity index (χ0) is 24.9. The highest BCUT2D eigenvalue weighted by Gasteiger charge is 2.24. The van der Waals surface area contributed by atoms with E-state index < -0.39 is 0 Å². The molecule has 3 aromatic rings. The zero-order valence-corrected chi connectivity index (χ0v) is 20.5. The maximum Gasteiger partial charge on any atom is 0.254 e. The molecule has 2 amide bonds. The van der Waals surface area contributed by atoms with Gasteiger partial charge in [-0.25, -0.2) is 4.98 Å². The van der Waals surface area contributed by atoms with Crippen LogP contribution in [-0.4, -0.2) is 81.2 Å². The highest BCUT2D eigenvalue weighted by Crippen LogP contribution is 2.26. The van der Waals surface area contributed by atoms with E-state index >= 15 is 0 Å².